The number of nitrogens with zero attached hydrogens (tertiary/aromatic N) is 4. The second-order valence-electron chi connectivity index (χ2n) is 8.41. The van der Waals surface area contributed by atoms with Crippen molar-refractivity contribution in [3.8, 4) is 0 Å². The molecule has 0 atom stereocenters. The fraction of sp³-hybridized carbons (Fsp3) is 0.360. The Morgan fingerprint density at radius 2 is 1.63 bits per heavy atom. The van der Waals surface area contributed by atoms with Gasteiger partial charge >= 0.3 is 0 Å². The third-order valence-electron chi connectivity index (χ3n) is 5.29. The summed E-state index contributed by atoms with van der Waals surface area (Å²) in [4.78, 5) is 24.3. The number of aryl methyl sites for hydroxylation is 2. The van der Waals surface area contributed by atoms with Crippen LogP contribution >= 0.6 is 0 Å². The number of benzene rings is 2. The molecule has 158 valence electrons. The molecule has 1 heterocycles. The van der Waals surface area contributed by atoms with Gasteiger partial charge in [-0.25, -0.2) is 4.98 Å². The first-order chi connectivity index (χ1) is 14.3. The Balaban J connectivity index is 2.00. The zero-order chi connectivity index (χ0) is 21.8. The molecule has 5 nitrogen and oxygen atoms in total. The molecule has 0 aliphatic heterocycles. The van der Waals surface area contributed by atoms with Crippen molar-refractivity contribution in [2.24, 2.45) is 0 Å². The fourth-order valence-corrected chi connectivity index (χ4v) is 3.54. The smallest absolute Gasteiger partial charge is 0.254 e. The summed E-state index contributed by atoms with van der Waals surface area (Å²) < 4.78 is 0. The first-order valence-electron chi connectivity index (χ1n) is 10.3. The second-order valence-corrected chi connectivity index (χ2v) is 8.41. The molecule has 0 unspecified atom stereocenters. The maximum atomic E-state index is 13.3. The van der Waals surface area contributed by atoms with Crippen LogP contribution in [0.2, 0.25) is 0 Å². The highest BCUT2D eigenvalue weighted by atomic mass is 16.2. The number of carbonyl (C=O) groups is 1. The van der Waals surface area contributed by atoms with E-state index in [0.717, 1.165) is 45.5 Å². The van der Waals surface area contributed by atoms with E-state index in [1.807, 2.05) is 69.2 Å². The predicted octanol–water partition coefficient (Wildman–Crippen LogP) is 4.12. The number of hydrogen-bond donors (Lipinski definition) is 0. The normalized spacial score (nSPS) is 11.2. The average Bonchev–Trinajstić information content (AvgIpc) is 2.70. The highest BCUT2D eigenvalue weighted by Gasteiger charge is 2.20. The largest absolute Gasteiger partial charge is 0.362 e. The van der Waals surface area contributed by atoms with Gasteiger partial charge in [0.05, 0.1) is 5.52 Å². The van der Waals surface area contributed by atoms with Gasteiger partial charge in [0.1, 0.15) is 5.82 Å². The van der Waals surface area contributed by atoms with E-state index < -0.39 is 0 Å². The molecular formula is C25H32N4O. The number of para-hydroxylation sites is 1. The van der Waals surface area contributed by atoms with E-state index >= 15 is 0 Å². The van der Waals surface area contributed by atoms with Crippen LogP contribution in [0.5, 0.6) is 0 Å². The molecule has 0 radical (unpaired) electrons. The first kappa shape index (κ1) is 21.8. The van der Waals surface area contributed by atoms with Gasteiger partial charge < -0.3 is 14.7 Å². The molecule has 3 aromatic rings. The van der Waals surface area contributed by atoms with Gasteiger partial charge in [-0.15, -0.1) is 0 Å². The van der Waals surface area contributed by atoms with Crippen molar-refractivity contribution in [1.29, 1.82) is 0 Å². The summed E-state index contributed by atoms with van der Waals surface area (Å²) in [5, 5.41) is 1.10. The predicted molar refractivity (Wildman–Crippen MR) is 125 cm³/mol. The minimum Gasteiger partial charge on any atom is -0.362 e. The van der Waals surface area contributed by atoms with E-state index in [1.165, 1.54) is 0 Å². The number of aromatic nitrogens is 1. The molecule has 30 heavy (non-hydrogen) atoms. The third-order valence-corrected chi connectivity index (χ3v) is 5.29. The summed E-state index contributed by atoms with van der Waals surface area (Å²) in [7, 11) is 8.06. The van der Waals surface area contributed by atoms with Gasteiger partial charge in [-0.1, -0.05) is 35.9 Å². The Morgan fingerprint density at radius 1 is 0.933 bits per heavy atom. The molecule has 1 amide bonds. The Morgan fingerprint density at radius 3 is 2.27 bits per heavy atom. The Labute approximate surface area is 179 Å². The van der Waals surface area contributed by atoms with Gasteiger partial charge in [0, 0.05) is 50.2 Å². The number of rotatable bonds is 7. The molecule has 2 aromatic carbocycles. The number of anilines is 1. The van der Waals surface area contributed by atoms with Crippen molar-refractivity contribution in [2.45, 2.75) is 20.4 Å². The van der Waals surface area contributed by atoms with Crippen LogP contribution in [0, 0.1) is 13.8 Å². The highest BCUT2D eigenvalue weighted by Crippen LogP contribution is 2.26. The summed E-state index contributed by atoms with van der Waals surface area (Å²) in [5.41, 5.74) is 5.08. The number of amides is 1. The van der Waals surface area contributed by atoms with Crippen LogP contribution in [-0.2, 0) is 6.54 Å². The van der Waals surface area contributed by atoms with Gasteiger partial charge in [0.15, 0.2) is 0 Å². The third kappa shape index (κ3) is 4.97. The van der Waals surface area contributed by atoms with E-state index in [2.05, 4.69) is 36.1 Å². The van der Waals surface area contributed by atoms with E-state index in [1.54, 1.807) is 0 Å². The molecule has 0 aliphatic rings. The zero-order valence-corrected chi connectivity index (χ0v) is 18.9. The SMILES string of the molecule is Cc1ccc(C(=O)N(CCN(C)C)Cc2cc3cccc(C)c3nc2N(C)C)cc1. The van der Waals surface area contributed by atoms with Crippen LogP contribution in [0.15, 0.2) is 48.5 Å². The molecule has 0 N–H and O–H groups in total. The number of pyridine rings is 1. The Hall–Kier alpha value is -2.92. The molecule has 0 spiro atoms. The molecule has 0 bridgehead atoms. The van der Waals surface area contributed by atoms with Gasteiger partial charge in [0.2, 0.25) is 0 Å². The van der Waals surface area contributed by atoms with E-state index in [4.69, 9.17) is 4.98 Å². The van der Waals surface area contributed by atoms with Crippen molar-refractivity contribution >= 4 is 22.6 Å². The number of likely N-dealkylation sites (N-methyl/N-ethyl adjacent to an activating group) is 1. The quantitative estimate of drug-likeness (QED) is 0.594. The van der Waals surface area contributed by atoms with Gasteiger partial charge in [-0.3, -0.25) is 4.79 Å². The summed E-state index contributed by atoms with van der Waals surface area (Å²) in [6, 6.07) is 16.2. The molecule has 0 saturated carbocycles. The number of hydrogen-bond acceptors (Lipinski definition) is 4. The molecule has 3 rings (SSSR count). The second kappa shape index (κ2) is 9.26. The van der Waals surface area contributed by atoms with Crippen LogP contribution in [0.1, 0.15) is 27.0 Å². The average molecular weight is 405 g/mol. The maximum Gasteiger partial charge on any atom is 0.254 e. The van der Waals surface area contributed by atoms with E-state index in [-0.39, 0.29) is 5.91 Å². The summed E-state index contributed by atoms with van der Waals surface area (Å²) in [6.07, 6.45) is 0. The van der Waals surface area contributed by atoms with Gasteiger partial charge in [-0.2, -0.15) is 0 Å². The molecular weight excluding hydrogens is 372 g/mol. The van der Waals surface area contributed by atoms with Crippen LogP contribution < -0.4 is 4.90 Å². The highest BCUT2D eigenvalue weighted by molar-refractivity contribution is 5.94. The van der Waals surface area contributed by atoms with Crippen LogP contribution in [0.3, 0.4) is 0 Å². The summed E-state index contributed by atoms with van der Waals surface area (Å²) in [5.74, 6) is 0.953. The lowest BCUT2D eigenvalue weighted by atomic mass is 10.1. The minimum atomic E-state index is 0.0471. The van der Waals surface area contributed by atoms with Crippen LogP contribution in [-0.4, -0.2) is 62.0 Å². The molecule has 0 saturated heterocycles. The lowest BCUT2D eigenvalue weighted by Gasteiger charge is -2.27. The van der Waals surface area contributed by atoms with Crippen molar-refractivity contribution in [3.63, 3.8) is 0 Å². The monoisotopic (exact) mass is 404 g/mol. The number of carbonyl (C=O) groups excluding carboxylic acids is 1. The molecule has 0 aliphatic carbocycles. The maximum absolute atomic E-state index is 13.3. The van der Waals surface area contributed by atoms with E-state index in [9.17, 15) is 4.79 Å². The summed E-state index contributed by atoms with van der Waals surface area (Å²) >= 11 is 0. The summed E-state index contributed by atoms with van der Waals surface area (Å²) in [6.45, 7) is 6.08. The van der Waals surface area contributed by atoms with Crippen molar-refractivity contribution in [2.75, 3.05) is 46.2 Å². The minimum absolute atomic E-state index is 0.0471. The first-order valence-corrected chi connectivity index (χ1v) is 10.3. The molecule has 0 fully saturated rings. The van der Waals surface area contributed by atoms with Crippen LogP contribution in [0.25, 0.3) is 10.9 Å². The zero-order valence-electron chi connectivity index (χ0n) is 18.9. The lowest BCUT2D eigenvalue weighted by Crippen LogP contribution is -2.36. The fourth-order valence-electron chi connectivity index (χ4n) is 3.54. The molecule has 5 heteroatoms. The van der Waals surface area contributed by atoms with Gasteiger partial charge in [0.25, 0.3) is 5.91 Å². The van der Waals surface area contributed by atoms with Crippen molar-refractivity contribution in [1.82, 2.24) is 14.8 Å². The lowest BCUT2D eigenvalue weighted by molar-refractivity contribution is 0.0732. The van der Waals surface area contributed by atoms with E-state index in [0.29, 0.717) is 13.1 Å². The topological polar surface area (TPSA) is 39.7 Å². The Bertz CT molecular complexity index is 1030. The standard InChI is InChI=1S/C25H32N4O/c1-18-10-12-20(13-11-18)25(30)29(15-14-27(3)4)17-22-16-21-9-7-8-19(2)23(21)26-24(22)28(5)6/h7-13,16H,14-15,17H2,1-6H3. The van der Waals surface area contributed by atoms with Crippen LogP contribution in [0.4, 0.5) is 5.82 Å². The van der Waals surface area contributed by atoms with Crippen molar-refractivity contribution in [3.05, 3.63) is 70.8 Å². The molecule has 1 aromatic heterocycles. The number of fused-ring (bicyclic) bond motifs is 1. The Kier molecular flexibility index (Phi) is 6.73. The van der Waals surface area contributed by atoms with Gasteiger partial charge in [-0.05, 0) is 51.7 Å². The van der Waals surface area contributed by atoms with Crippen molar-refractivity contribution < 1.29 is 4.79 Å².